The Morgan fingerprint density at radius 1 is 1.64 bits per heavy atom. The van der Waals surface area contributed by atoms with Gasteiger partial charge in [-0.1, -0.05) is 0 Å². The van der Waals surface area contributed by atoms with Crippen molar-refractivity contribution in [3.63, 3.8) is 0 Å². The molecule has 11 heavy (non-hydrogen) atoms. The van der Waals surface area contributed by atoms with E-state index in [4.69, 9.17) is 5.11 Å². The zero-order valence-electron chi connectivity index (χ0n) is 6.39. The number of hydrazine groups is 1. The Morgan fingerprint density at radius 3 is 2.91 bits per heavy atom. The molecule has 0 atom stereocenters. The van der Waals surface area contributed by atoms with E-state index in [2.05, 4.69) is 20.9 Å². The molecule has 0 saturated heterocycles. The van der Waals surface area contributed by atoms with Gasteiger partial charge < -0.3 is 15.2 Å². The molecule has 0 unspecified atom stereocenters. The zero-order valence-corrected chi connectivity index (χ0v) is 6.39. The number of hydrogen-bond acceptors (Lipinski definition) is 4. The van der Waals surface area contributed by atoms with Crippen LogP contribution in [-0.4, -0.2) is 38.1 Å². The Labute approximate surface area is 64.9 Å². The molecule has 0 aromatic heterocycles. The van der Waals surface area contributed by atoms with E-state index in [0.717, 1.165) is 0 Å². The van der Waals surface area contributed by atoms with Gasteiger partial charge in [0.1, 0.15) is 6.73 Å². The first kappa shape index (κ1) is 10.2. The summed E-state index contributed by atoms with van der Waals surface area (Å²) in [5.74, 6) is 0. The molecule has 0 heterocycles. The normalized spacial score (nSPS) is 9.27. The Kier molecular flexibility index (Phi) is 6.70. The maximum Gasteiger partial charge on any atom is 0.329 e. The molecule has 0 aliphatic heterocycles. The van der Waals surface area contributed by atoms with Crippen molar-refractivity contribution < 1.29 is 14.6 Å². The molecule has 4 N–H and O–H groups in total. The number of nitrogens with one attached hydrogen (secondary N) is 3. The van der Waals surface area contributed by atoms with Gasteiger partial charge in [-0.25, -0.2) is 10.2 Å². The molecule has 0 aromatic carbocycles. The topological polar surface area (TPSA) is 82.6 Å². The smallest absolute Gasteiger partial charge is 0.329 e. The van der Waals surface area contributed by atoms with Crippen LogP contribution in [0.15, 0.2) is 0 Å². The van der Waals surface area contributed by atoms with Gasteiger partial charge in [-0.2, -0.15) is 0 Å². The Morgan fingerprint density at radius 2 is 2.36 bits per heavy atom. The van der Waals surface area contributed by atoms with Crippen LogP contribution in [-0.2, 0) is 4.74 Å². The molecule has 0 rings (SSSR count). The Balaban J connectivity index is 3.09. The summed E-state index contributed by atoms with van der Waals surface area (Å²) in [4.78, 5) is 10.6. The summed E-state index contributed by atoms with van der Waals surface area (Å²) < 4.78 is 4.59. The molecule has 0 aromatic rings. The van der Waals surface area contributed by atoms with Crippen molar-refractivity contribution in [1.82, 2.24) is 16.2 Å². The molecule has 0 spiro atoms. The highest BCUT2D eigenvalue weighted by Crippen LogP contribution is 1.61. The number of hydrogen-bond donors (Lipinski definition) is 4. The maximum atomic E-state index is 10.6. The number of ether oxygens (including phenoxy) is 1. The fraction of sp³-hybridized carbons (Fsp3) is 0.800. The number of amides is 2. The molecule has 0 aliphatic rings. The molecule has 2 amide bonds. The van der Waals surface area contributed by atoms with Crippen molar-refractivity contribution in [2.75, 3.05) is 27.0 Å². The van der Waals surface area contributed by atoms with Crippen LogP contribution < -0.4 is 16.2 Å². The van der Waals surface area contributed by atoms with Gasteiger partial charge >= 0.3 is 6.03 Å². The molecule has 0 radical (unpaired) electrons. The fourth-order valence-electron chi connectivity index (χ4n) is 0.402. The van der Waals surface area contributed by atoms with Crippen LogP contribution in [0.5, 0.6) is 0 Å². The average molecular weight is 163 g/mol. The zero-order chi connectivity index (χ0) is 8.53. The monoisotopic (exact) mass is 163 g/mol. The van der Waals surface area contributed by atoms with E-state index in [0.29, 0.717) is 0 Å². The molecule has 6 nitrogen and oxygen atoms in total. The third-order valence-electron chi connectivity index (χ3n) is 0.816. The van der Waals surface area contributed by atoms with E-state index in [1.54, 1.807) is 0 Å². The number of aliphatic hydroxyl groups is 1. The van der Waals surface area contributed by atoms with E-state index in [1.807, 2.05) is 0 Å². The van der Waals surface area contributed by atoms with Crippen LogP contribution in [0.4, 0.5) is 4.79 Å². The van der Waals surface area contributed by atoms with Crippen molar-refractivity contribution in [3.8, 4) is 0 Å². The molecular formula is C5H13N3O3. The number of carbonyl (C=O) groups excluding carboxylic acids is 1. The summed E-state index contributed by atoms with van der Waals surface area (Å²) in [6.07, 6.45) is 0. The molecule has 0 saturated carbocycles. The average Bonchev–Trinajstić information content (AvgIpc) is 2.01. The summed E-state index contributed by atoms with van der Waals surface area (Å²) in [6, 6.07) is -0.392. The van der Waals surface area contributed by atoms with Gasteiger partial charge in [0.15, 0.2) is 0 Å². The fourth-order valence-corrected chi connectivity index (χ4v) is 0.402. The Hall–Kier alpha value is -0.850. The predicted molar refractivity (Wildman–Crippen MR) is 38.6 cm³/mol. The summed E-state index contributed by atoms with van der Waals surface area (Å²) >= 11 is 0. The second-order valence-corrected chi connectivity index (χ2v) is 1.71. The summed E-state index contributed by atoms with van der Waals surface area (Å²) in [5.41, 5.74) is 4.76. The second kappa shape index (κ2) is 7.26. The van der Waals surface area contributed by atoms with Crippen LogP contribution in [0.2, 0.25) is 0 Å². The van der Waals surface area contributed by atoms with Crippen LogP contribution in [0.3, 0.4) is 0 Å². The predicted octanol–water partition coefficient (Wildman–Crippen LogP) is -1.61. The molecule has 0 fully saturated rings. The quantitative estimate of drug-likeness (QED) is 0.223. The Bertz CT molecular complexity index is 109. The van der Waals surface area contributed by atoms with Crippen molar-refractivity contribution in [1.29, 1.82) is 0 Å². The van der Waals surface area contributed by atoms with Gasteiger partial charge in [-0.15, -0.1) is 0 Å². The van der Waals surface area contributed by atoms with E-state index in [9.17, 15) is 4.79 Å². The summed E-state index contributed by atoms with van der Waals surface area (Å²) in [5, 5.41) is 10.7. The van der Waals surface area contributed by atoms with Crippen molar-refractivity contribution in [3.05, 3.63) is 0 Å². The largest absolute Gasteiger partial charge is 0.395 e. The minimum absolute atomic E-state index is 0.0717. The van der Waals surface area contributed by atoms with Gasteiger partial charge in [-0.05, 0) is 0 Å². The highest BCUT2D eigenvalue weighted by Gasteiger charge is 1.94. The lowest BCUT2D eigenvalue weighted by atomic mass is 10.7. The second-order valence-electron chi connectivity index (χ2n) is 1.71. The van der Waals surface area contributed by atoms with Gasteiger partial charge in [0.25, 0.3) is 0 Å². The molecule has 0 aliphatic carbocycles. The minimum Gasteiger partial charge on any atom is -0.395 e. The summed E-state index contributed by atoms with van der Waals surface area (Å²) in [6.45, 7) is 0.407. The third-order valence-corrected chi connectivity index (χ3v) is 0.816. The van der Waals surface area contributed by atoms with Crippen LogP contribution in [0, 0.1) is 0 Å². The van der Waals surface area contributed by atoms with Gasteiger partial charge in [0.05, 0.1) is 6.61 Å². The van der Waals surface area contributed by atoms with Crippen molar-refractivity contribution in [2.45, 2.75) is 0 Å². The van der Waals surface area contributed by atoms with Gasteiger partial charge in [0.2, 0.25) is 0 Å². The van der Waals surface area contributed by atoms with Gasteiger partial charge in [-0.3, -0.25) is 5.43 Å². The molecule has 66 valence electrons. The van der Waals surface area contributed by atoms with Crippen molar-refractivity contribution >= 4 is 6.03 Å². The van der Waals surface area contributed by atoms with E-state index in [1.165, 1.54) is 7.11 Å². The highest BCUT2D eigenvalue weighted by molar-refractivity contribution is 5.73. The van der Waals surface area contributed by atoms with Crippen molar-refractivity contribution in [2.24, 2.45) is 0 Å². The molecule has 0 bridgehead atoms. The number of urea groups is 1. The van der Waals surface area contributed by atoms with Crippen LogP contribution in [0.1, 0.15) is 0 Å². The molecule has 6 heteroatoms. The third kappa shape index (κ3) is 7.04. The molecular weight excluding hydrogens is 150 g/mol. The number of carbonyl (C=O) groups is 1. The SMILES string of the molecule is COCNNC(=O)NCCO. The highest BCUT2D eigenvalue weighted by atomic mass is 16.5. The first-order valence-electron chi connectivity index (χ1n) is 3.17. The van der Waals surface area contributed by atoms with E-state index >= 15 is 0 Å². The number of aliphatic hydroxyl groups excluding tert-OH is 1. The lowest BCUT2D eigenvalue weighted by molar-refractivity contribution is 0.160. The van der Waals surface area contributed by atoms with E-state index < -0.39 is 6.03 Å². The minimum atomic E-state index is -0.392. The first-order chi connectivity index (χ1) is 5.31. The first-order valence-corrected chi connectivity index (χ1v) is 3.17. The lowest BCUT2D eigenvalue weighted by Gasteiger charge is -2.06. The maximum absolute atomic E-state index is 10.6. The van der Waals surface area contributed by atoms with Gasteiger partial charge in [0, 0.05) is 13.7 Å². The summed E-state index contributed by atoms with van der Waals surface area (Å²) in [7, 11) is 1.50. The lowest BCUT2D eigenvalue weighted by Crippen LogP contribution is -2.45. The van der Waals surface area contributed by atoms with Crippen LogP contribution >= 0.6 is 0 Å². The number of methoxy groups -OCH3 is 1. The standard InChI is InChI=1S/C5H13N3O3/c1-11-4-7-8-5(10)6-2-3-9/h7,9H,2-4H2,1H3,(H2,6,8,10). The van der Waals surface area contributed by atoms with E-state index in [-0.39, 0.29) is 19.9 Å². The van der Waals surface area contributed by atoms with Crippen LogP contribution in [0.25, 0.3) is 0 Å². The number of rotatable bonds is 5.